The molecule has 0 saturated heterocycles. The second-order valence-corrected chi connectivity index (χ2v) is 7.41. The third-order valence-electron chi connectivity index (χ3n) is 2.17. The first kappa shape index (κ1) is 13.8. The van der Waals surface area contributed by atoms with Gasteiger partial charge in [0, 0.05) is 10.4 Å². The maximum absolute atomic E-state index is 13.8. The van der Waals surface area contributed by atoms with E-state index in [-0.39, 0.29) is 9.85 Å². The van der Waals surface area contributed by atoms with Crippen LogP contribution in [-0.2, 0) is 0 Å². The van der Waals surface area contributed by atoms with Crippen molar-refractivity contribution in [1.29, 1.82) is 0 Å². The summed E-state index contributed by atoms with van der Waals surface area (Å²) in [5.41, 5.74) is 0.503. The fraction of sp³-hybridized carbons (Fsp3) is 0.0909. The van der Waals surface area contributed by atoms with E-state index in [1.165, 1.54) is 17.4 Å². The van der Waals surface area contributed by atoms with E-state index >= 15 is 0 Å². The van der Waals surface area contributed by atoms with E-state index in [1.807, 2.05) is 0 Å². The predicted molar refractivity (Wildman–Crippen MR) is 79.2 cm³/mol. The van der Waals surface area contributed by atoms with Gasteiger partial charge in [-0.05, 0) is 28.1 Å². The van der Waals surface area contributed by atoms with Crippen molar-refractivity contribution >= 4 is 66.4 Å². The van der Waals surface area contributed by atoms with Crippen LogP contribution in [0.5, 0.6) is 0 Å². The summed E-state index contributed by atoms with van der Waals surface area (Å²) in [7, 11) is 0. The molecule has 2 aromatic rings. The smallest absolute Gasteiger partial charge is 0.146 e. The average Bonchev–Trinajstić information content (AvgIpc) is 2.62. The van der Waals surface area contributed by atoms with Gasteiger partial charge < -0.3 is 0 Å². The van der Waals surface area contributed by atoms with Crippen LogP contribution in [0.3, 0.4) is 0 Å². The van der Waals surface area contributed by atoms with Gasteiger partial charge in [0.2, 0.25) is 0 Å². The number of rotatable bonds is 2. The first-order valence-corrected chi connectivity index (χ1v) is 7.81. The monoisotopic (exact) mass is 416 g/mol. The largest absolute Gasteiger partial charge is 0.205 e. The molecule has 1 aromatic carbocycles. The molecule has 6 heteroatoms. The van der Waals surface area contributed by atoms with Gasteiger partial charge in [-0.2, -0.15) is 0 Å². The Hall–Kier alpha value is 0.390. The second kappa shape index (κ2) is 5.57. The van der Waals surface area contributed by atoms with Crippen LogP contribution in [0.25, 0.3) is 0 Å². The molecule has 0 radical (unpaired) electrons. The Morgan fingerprint density at radius 1 is 1.24 bits per heavy atom. The van der Waals surface area contributed by atoms with E-state index in [2.05, 4.69) is 31.9 Å². The molecule has 0 aliphatic rings. The minimum absolute atomic E-state index is 0.119. The minimum atomic E-state index is -0.406. The van der Waals surface area contributed by atoms with Crippen molar-refractivity contribution in [1.82, 2.24) is 0 Å². The summed E-state index contributed by atoms with van der Waals surface area (Å²) in [5, 5.41) is 0.741. The van der Waals surface area contributed by atoms with Crippen molar-refractivity contribution in [2.75, 3.05) is 0 Å². The Balaban J connectivity index is 2.43. The molecule has 0 amide bonds. The number of hydrogen-bond donors (Lipinski definition) is 0. The van der Waals surface area contributed by atoms with Crippen molar-refractivity contribution in [2.24, 2.45) is 0 Å². The van der Waals surface area contributed by atoms with Crippen molar-refractivity contribution in [2.45, 2.75) is 4.83 Å². The van der Waals surface area contributed by atoms with Crippen LogP contribution < -0.4 is 0 Å². The van der Waals surface area contributed by atoms with Crippen molar-refractivity contribution in [3.05, 3.63) is 54.4 Å². The highest BCUT2D eigenvalue weighted by Crippen LogP contribution is 2.42. The van der Waals surface area contributed by atoms with E-state index in [9.17, 15) is 4.39 Å². The third-order valence-corrected chi connectivity index (χ3v) is 6.29. The number of halogens is 5. The molecule has 1 aromatic heterocycles. The van der Waals surface area contributed by atoms with E-state index in [4.69, 9.17) is 23.2 Å². The molecule has 2 rings (SSSR count). The molecule has 17 heavy (non-hydrogen) atoms. The van der Waals surface area contributed by atoms with Gasteiger partial charge in [-0.15, -0.1) is 11.3 Å². The lowest BCUT2D eigenvalue weighted by atomic mass is 10.1. The first-order valence-electron chi connectivity index (χ1n) is 4.53. The van der Waals surface area contributed by atoms with E-state index in [0.29, 0.717) is 10.6 Å². The van der Waals surface area contributed by atoms with E-state index in [0.717, 1.165) is 8.66 Å². The third kappa shape index (κ3) is 2.87. The van der Waals surface area contributed by atoms with E-state index < -0.39 is 5.82 Å². The minimum Gasteiger partial charge on any atom is -0.205 e. The van der Waals surface area contributed by atoms with Crippen LogP contribution in [0, 0.1) is 5.82 Å². The number of thiophene rings is 1. The molecular weight excluding hydrogens is 414 g/mol. The maximum atomic E-state index is 13.8. The highest BCUT2D eigenvalue weighted by atomic mass is 79.9. The topological polar surface area (TPSA) is 0 Å². The number of hydrogen-bond acceptors (Lipinski definition) is 1. The molecule has 0 saturated carbocycles. The summed E-state index contributed by atoms with van der Waals surface area (Å²) in [6.07, 6.45) is 0. The van der Waals surface area contributed by atoms with Crippen LogP contribution in [0.2, 0.25) is 10.0 Å². The van der Waals surface area contributed by atoms with Gasteiger partial charge in [0.25, 0.3) is 0 Å². The van der Waals surface area contributed by atoms with Crippen LogP contribution in [-0.4, -0.2) is 0 Å². The van der Waals surface area contributed by atoms with Crippen molar-refractivity contribution in [3.63, 3.8) is 0 Å². The van der Waals surface area contributed by atoms with Crippen LogP contribution in [0.4, 0.5) is 4.39 Å². The van der Waals surface area contributed by atoms with Gasteiger partial charge >= 0.3 is 0 Å². The Kier molecular flexibility index (Phi) is 4.53. The van der Waals surface area contributed by atoms with Crippen LogP contribution >= 0.6 is 66.4 Å². The molecule has 1 unspecified atom stereocenters. The fourth-order valence-corrected chi connectivity index (χ4v) is 4.05. The summed E-state index contributed by atoms with van der Waals surface area (Å²) in [6.45, 7) is 0. The summed E-state index contributed by atoms with van der Waals surface area (Å²) in [4.78, 5) is 0.665. The number of alkyl halides is 1. The standard InChI is InChI=1S/C11H5Br2Cl2FS/c12-9(8-4-7(15)11(13)17-8)5-2-1-3-6(14)10(5)16/h1-4,9H. The highest BCUT2D eigenvalue weighted by Gasteiger charge is 2.19. The zero-order valence-electron chi connectivity index (χ0n) is 8.18. The second-order valence-electron chi connectivity index (χ2n) is 3.28. The van der Waals surface area contributed by atoms with E-state index in [1.54, 1.807) is 18.2 Å². The summed E-state index contributed by atoms with van der Waals surface area (Å²) in [6, 6.07) is 6.74. The molecule has 0 fully saturated rings. The molecule has 0 bridgehead atoms. The lowest BCUT2D eigenvalue weighted by molar-refractivity contribution is 0.614. The number of benzene rings is 1. The molecule has 1 heterocycles. The van der Waals surface area contributed by atoms with Crippen molar-refractivity contribution in [3.8, 4) is 0 Å². The van der Waals surface area contributed by atoms with Gasteiger partial charge in [0.1, 0.15) is 5.82 Å². The maximum Gasteiger partial charge on any atom is 0.146 e. The highest BCUT2D eigenvalue weighted by molar-refractivity contribution is 9.11. The molecule has 0 N–H and O–H groups in total. The quantitative estimate of drug-likeness (QED) is 0.492. The van der Waals surface area contributed by atoms with Gasteiger partial charge in [0.15, 0.2) is 0 Å². The van der Waals surface area contributed by atoms with Crippen LogP contribution in [0.1, 0.15) is 15.3 Å². The van der Waals surface area contributed by atoms with Gasteiger partial charge in [-0.3, -0.25) is 0 Å². The Morgan fingerprint density at radius 3 is 2.53 bits per heavy atom. The molecule has 0 spiro atoms. The van der Waals surface area contributed by atoms with Gasteiger partial charge in [-0.25, -0.2) is 4.39 Å². The van der Waals surface area contributed by atoms with Crippen molar-refractivity contribution < 1.29 is 4.39 Å². The zero-order valence-corrected chi connectivity index (χ0v) is 13.7. The normalized spacial score (nSPS) is 12.8. The SMILES string of the molecule is Fc1c(Cl)cccc1C(Br)c1cc(Cl)c(Br)s1. The Labute approximate surface area is 129 Å². The zero-order chi connectivity index (χ0) is 12.6. The Morgan fingerprint density at radius 2 is 1.94 bits per heavy atom. The first-order chi connectivity index (χ1) is 8.00. The molecule has 0 aliphatic heterocycles. The molecular formula is C11H5Br2Cl2FS. The fourth-order valence-electron chi connectivity index (χ4n) is 1.36. The lowest BCUT2D eigenvalue weighted by Crippen LogP contribution is -1.94. The average molecular weight is 419 g/mol. The Bertz CT molecular complexity index is 537. The summed E-state index contributed by atoms with van der Waals surface area (Å²) in [5.74, 6) is -0.406. The molecule has 0 nitrogen and oxygen atoms in total. The lowest BCUT2D eigenvalue weighted by Gasteiger charge is -2.09. The summed E-state index contributed by atoms with van der Waals surface area (Å²) >= 11 is 20.0. The summed E-state index contributed by atoms with van der Waals surface area (Å²) < 4.78 is 14.7. The molecule has 0 aliphatic carbocycles. The molecule has 1 atom stereocenters. The van der Waals surface area contributed by atoms with Crippen LogP contribution in [0.15, 0.2) is 28.1 Å². The molecule has 90 valence electrons. The van der Waals surface area contributed by atoms with Gasteiger partial charge in [-0.1, -0.05) is 51.3 Å². The predicted octanol–water partition coefficient (Wildman–Crippen LogP) is 6.44. The van der Waals surface area contributed by atoms with Gasteiger partial charge in [0.05, 0.1) is 18.7 Å².